The summed E-state index contributed by atoms with van der Waals surface area (Å²) in [5.74, 6) is 0.674. The number of hydrogen-bond acceptors (Lipinski definition) is 3. The molecule has 0 aliphatic heterocycles. The van der Waals surface area contributed by atoms with Crippen molar-refractivity contribution >= 4 is 35.0 Å². The van der Waals surface area contributed by atoms with Crippen LogP contribution in [0.1, 0.15) is 18.1 Å². The lowest BCUT2D eigenvalue weighted by Gasteiger charge is -2.13. The highest BCUT2D eigenvalue weighted by molar-refractivity contribution is 7.99. The minimum absolute atomic E-state index is 0.0457. The van der Waals surface area contributed by atoms with E-state index in [4.69, 9.17) is 16.7 Å². The number of carbonyl (C=O) groups excluding carboxylic acids is 1. The quantitative estimate of drug-likeness (QED) is 0.835. The molecule has 0 heterocycles. The third kappa shape index (κ3) is 4.77. The summed E-state index contributed by atoms with van der Waals surface area (Å²) in [5, 5.41) is 12.2. The second kappa shape index (κ2) is 8.22. The molecular weight excluding hydrogens is 318 g/mol. The van der Waals surface area contributed by atoms with E-state index in [2.05, 4.69) is 5.32 Å². The second-order valence-electron chi connectivity index (χ2n) is 4.90. The van der Waals surface area contributed by atoms with Gasteiger partial charge in [0.15, 0.2) is 0 Å². The van der Waals surface area contributed by atoms with E-state index < -0.39 is 0 Å². The molecule has 0 radical (unpaired) electrons. The van der Waals surface area contributed by atoms with Crippen LogP contribution in [0, 0.1) is 0 Å². The van der Waals surface area contributed by atoms with E-state index in [0.29, 0.717) is 10.7 Å². The summed E-state index contributed by atoms with van der Waals surface area (Å²) in [6, 6.07) is 14.9. The molecule has 0 saturated carbocycles. The second-order valence-corrected chi connectivity index (χ2v) is 6.63. The van der Waals surface area contributed by atoms with Crippen molar-refractivity contribution in [3.05, 3.63) is 64.7 Å². The summed E-state index contributed by atoms with van der Waals surface area (Å²) in [4.78, 5) is 12.2. The Balaban J connectivity index is 1.87. The van der Waals surface area contributed by atoms with Crippen molar-refractivity contribution in [2.45, 2.75) is 24.5 Å². The number of rotatable bonds is 6. The van der Waals surface area contributed by atoms with E-state index in [9.17, 15) is 4.79 Å². The highest BCUT2D eigenvalue weighted by Crippen LogP contribution is 2.23. The molecule has 3 nitrogen and oxygen atoms in total. The van der Waals surface area contributed by atoms with Crippen molar-refractivity contribution in [1.82, 2.24) is 0 Å². The van der Waals surface area contributed by atoms with Gasteiger partial charge in [-0.1, -0.05) is 48.0 Å². The van der Waals surface area contributed by atoms with Crippen LogP contribution in [0.4, 0.5) is 5.69 Å². The lowest BCUT2D eigenvalue weighted by atomic mass is 10.2. The predicted octanol–water partition coefficient (Wildman–Crippen LogP) is 4.09. The summed E-state index contributed by atoms with van der Waals surface area (Å²) >= 11 is 7.59. The van der Waals surface area contributed by atoms with Gasteiger partial charge in [-0.2, -0.15) is 0 Å². The minimum atomic E-state index is -0.186. The number of thioether (sulfide) groups is 1. The molecule has 0 aliphatic rings. The Hall–Kier alpha value is -1.49. The summed E-state index contributed by atoms with van der Waals surface area (Å²) in [5.41, 5.74) is 2.65. The van der Waals surface area contributed by atoms with Gasteiger partial charge in [0.05, 0.1) is 22.6 Å². The molecule has 0 saturated heterocycles. The van der Waals surface area contributed by atoms with Crippen molar-refractivity contribution < 1.29 is 9.90 Å². The zero-order valence-corrected chi connectivity index (χ0v) is 13.8. The molecule has 0 aromatic heterocycles. The molecule has 2 N–H and O–H groups in total. The summed E-state index contributed by atoms with van der Waals surface area (Å²) in [7, 11) is 0. The van der Waals surface area contributed by atoms with E-state index in [0.717, 1.165) is 16.9 Å². The summed E-state index contributed by atoms with van der Waals surface area (Å²) in [6.45, 7) is 1.92. The van der Waals surface area contributed by atoms with Gasteiger partial charge in [0.1, 0.15) is 0 Å². The molecule has 1 unspecified atom stereocenters. The van der Waals surface area contributed by atoms with Crippen LogP contribution in [0.25, 0.3) is 0 Å². The zero-order chi connectivity index (χ0) is 15.9. The first-order valence-electron chi connectivity index (χ1n) is 6.96. The number of nitrogens with one attached hydrogen (secondary N) is 1. The number of benzene rings is 2. The Labute approximate surface area is 139 Å². The first kappa shape index (κ1) is 16.9. The smallest absolute Gasteiger partial charge is 0.237 e. The Morgan fingerprint density at radius 1 is 1.18 bits per heavy atom. The molecule has 1 atom stereocenters. The van der Waals surface area contributed by atoms with Gasteiger partial charge in [0.2, 0.25) is 5.91 Å². The van der Waals surface area contributed by atoms with Crippen LogP contribution < -0.4 is 5.32 Å². The number of halogens is 1. The Bertz CT molecular complexity index is 631. The molecule has 0 spiro atoms. The Morgan fingerprint density at radius 3 is 2.45 bits per heavy atom. The number of para-hydroxylation sites is 1. The van der Waals surface area contributed by atoms with Crippen LogP contribution in [-0.4, -0.2) is 16.3 Å². The van der Waals surface area contributed by atoms with Crippen molar-refractivity contribution in [2.24, 2.45) is 0 Å². The lowest BCUT2D eigenvalue weighted by Crippen LogP contribution is -2.22. The van der Waals surface area contributed by atoms with Crippen LogP contribution in [0.3, 0.4) is 0 Å². The Morgan fingerprint density at radius 2 is 1.82 bits per heavy atom. The van der Waals surface area contributed by atoms with Gasteiger partial charge in [-0.25, -0.2) is 0 Å². The van der Waals surface area contributed by atoms with E-state index >= 15 is 0 Å². The van der Waals surface area contributed by atoms with Gasteiger partial charge in [0.25, 0.3) is 0 Å². The van der Waals surface area contributed by atoms with E-state index in [1.54, 1.807) is 23.9 Å². The fraction of sp³-hybridized carbons (Fsp3) is 0.235. The molecule has 0 aliphatic carbocycles. The fourth-order valence-corrected chi connectivity index (χ4v) is 2.86. The maximum absolute atomic E-state index is 12.2. The molecule has 2 rings (SSSR count). The largest absolute Gasteiger partial charge is 0.392 e. The monoisotopic (exact) mass is 335 g/mol. The van der Waals surface area contributed by atoms with Crippen LogP contribution >= 0.6 is 23.4 Å². The maximum Gasteiger partial charge on any atom is 0.237 e. The molecule has 0 bridgehead atoms. The Kier molecular flexibility index (Phi) is 6.31. The number of anilines is 1. The zero-order valence-electron chi connectivity index (χ0n) is 12.3. The highest BCUT2D eigenvalue weighted by atomic mass is 35.5. The van der Waals surface area contributed by atoms with Gasteiger partial charge < -0.3 is 10.4 Å². The van der Waals surface area contributed by atoms with Gasteiger partial charge >= 0.3 is 0 Å². The van der Waals surface area contributed by atoms with E-state index in [1.807, 2.05) is 43.3 Å². The van der Waals surface area contributed by atoms with Crippen LogP contribution in [0.5, 0.6) is 0 Å². The van der Waals surface area contributed by atoms with Crippen molar-refractivity contribution in [2.75, 3.05) is 5.32 Å². The summed E-state index contributed by atoms with van der Waals surface area (Å²) < 4.78 is 0. The fourth-order valence-electron chi connectivity index (χ4n) is 1.83. The van der Waals surface area contributed by atoms with Gasteiger partial charge in [0, 0.05) is 5.75 Å². The molecule has 5 heteroatoms. The molecular formula is C17H18ClNO2S. The maximum atomic E-state index is 12.2. The summed E-state index contributed by atoms with van der Waals surface area (Å²) in [6.07, 6.45) is 0. The first-order valence-corrected chi connectivity index (χ1v) is 8.38. The van der Waals surface area contributed by atoms with Gasteiger partial charge in [-0.05, 0) is 30.2 Å². The number of carbonyl (C=O) groups is 1. The molecule has 2 aromatic carbocycles. The lowest BCUT2D eigenvalue weighted by molar-refractivity contribution is -0.115. The van der Waals surface area contributed by atoms with Gasteiger partial charge in [-0.15, -0.1) is 11.8 Å². The molecule has 1 amide bonds. The minimum Gasteiger partial charge on any atom is -0.392 e. The number of hydrogen-bond donors (Lipinski definition) is 2. The number of aliphatic hydroxyl groups is 1. The first-order chi connectivity index (χ1) is 10.6. The third-order valence-corrected chi connectivity index (χ3v) is 4.75. The van der Waals surface area contributed by atoms with E-state index in [1.165, 1.54) is 0 Å². The molecule has 116 valence electrons. The molecule has 2 aromatic rings. The van der Waals surface area contributed by atoms with Crippen LogP contribution in [-0.2, 0) is 17.2 Å². The third-order valence-electron chi connectivity index (χ3n) is 3.21. The molecule has 0 fully saturated rings. The van der Waals surface area contributed by atoms with Crippen molar-refractivity contribution in [3.63, 3.8) is 0 Å². The topological polar surface area (TPSA) is 49.3 Å². The van der Waals surface area contributed by atoms with Gasteiger partial charge in [-0.3, -0.25) is 4.79 Å². The van der Waals surface area contributed by atoms with Crippen molar-refractivity contribution in [3.8, 4) is 0 Å². The van der Waals surface area contributed by atoms with Crippen molar-refractivity contribution in [1.29, 1.82) is 0 Å². The average Bonchev–Trinajstić information content (AvgIpc) is 2.55. The SMILES string of the molecule is CC(SCc1ccc(CO)cc1)C(=O)Nc1ccccc1Cl. The normalized spacial score (nSPS) is 12.0. The number of aliphatic hydroxyl groups excluding tert-OH is 1. The predicted molar refractivity (Wildman–Crippen MR) is 93.2 cm³/mol. The van der Waals surface area contributed by atoms with Crippen LogP contribution in [0.2, 0.25) is 5.02 Å². The average molecular weight is 336 g/mol. The van der Waals surface area contributed by atoms with Crippen LogP contribution in [0.15, 0.2) is 48.5 Å². The van der Waals surface area contributed by atoms with E-state index in [-0.39, 0.29) is 17.8 Å². The number of amides is 1. The standard InChI is InChI=1S/C17H18ClNO2S/c1-12(17(21)19-16-5-3-2-4-15(16)18)22-11-14-8-6-13(10-20)7-9-14/h2-9,12,20H,10-11H2,1H3,(H,19,21). The highest BCUT2D eigenvalue weighted by Gasteiger charge is 2.14. The molecule has 22 heavy (non-hydrogen) atoms.